The summed E-state index contributed by atoms with van der Waals surface area (Å²) in [6, 6.07) is 11.8. The first-order valence-electron chi connectivity index (χ1n) is 8.61. The molecule has 6 nitrogen and oxygen atoms in total. The molecule has 146 valence electrons. The number of nitrogens with one attached hydrogen (secondary N) is 2. The fourth-order valence-electron chi connectivity index (χ4n) is 2.54. The predicted molar refractivity (Wildman–Crippen MR) is 107 cm³/mol. The highest BCUT2D eigenvalue weighted by molar-refractivity contribution is 7.89. The molecule has 0 fully saturated rings. The summed E-state index contributed by atoms with van der Waals surface area (Å²) in [5, 5.41) is 2.70. The van der Waals surface area contributed by atoms with E-state index in [4.69, 9.17) is 4.74 Å². The molecule has 0 bridgehead atoms. The molecule has 0 aliphatic heterocycles. The van der Waals surface area contributed by atoms with Gasteiger partial charge in [0, 0.05) is 11.2 Å². The number of hydrogen-bond acceptors (Lipinski definition) is 4. The van der Waals surface area contributed by atoms with Crippen molar-refractivity contribution in [2.45, 2.75) is 45.1 Å². The van der Waals surface area contributed by atoms with Crippen LogP contribution in [0.25, 0.3) is 0 Å². The molecular weight excluding hydrogens is 364 g/mol. The molecule has 27 heavy (non-hydrogen) atoms. The van der Waals surface area contributed by atoms with Gasteiger partial charge in [-0.05, 0) is 70.0 Å². The topological polar surface area (TPSA) is 84.5 Å². The van der Waals surface area contributed by atoms with E-state index in [1.807, 2.05) is 32.0 Å². The van der Waals surface area contributed by atoms with Gasteiger partial charge in [-0.2, -0.15) is 0 Å². The maximum absolute atomic E-state index is 12.3. The zero-order valence-electron chi connectivity index (χ0n) is 16.3. The number of aryl methyl sites for hydroxylation is 2. The second-order valence-corrected chi connectivity index (χ2v) is 9.12. The molecular formula is C20H26N2O4S. The Morgan fingerprint density at radius 3 is 2.07 bits per heavy atom. The van der Waals surface area contributed by atoms with Crippen LogP contribution in [0.4, 0.5) is 5.69 Å². The molecule has 2 aromatic carbocycles. The Balaban J connectivity index is 1.99. The zero-order chi connectivity index (χ0) is 20.2. The van der Waals surface area contributed by atoms with E-state index < -0.39 is 15.6 Å². The molecule has 0 spiro atoms. The fourth-order valence-corrected chi connectivity index (χ4v) is 3.96. The fraction of sp³-hybridized carbons (Fsp3) is 0.350. The quantitative estimate of drug-likeness (QED) is 0.792. The van der Waals surface area contributed by atoms with E-state index in [-0.39, 0.29) is 17.4 Å². The van der Waals surface area contributed by atoms with Crippen molar-refractivity contribution in [2.75, 3.05) is 11.9 Å². The Labute approximate surface area is 161 Å². The van der Waals surface area contributed by atoms with E-state index in [0.717, 1.165) is 11.1 Å². The van der Waals surface area contributed by atoms with Crippen molar-refractivity contribution in [1.29, 1.82) is 0 Å². The molecule has 2 rings (SSSR count). The highest BCUT2D eigenvalue weighted by atomic mass is 32.2. The van der Waals surface area contributed by atoms with Crippen LogP contribution in [0.15, 0.2) is 47.4 Å². The minimum atomic E-state index is -3.61. The predicted octanol–water partition coefficient (Wildman–Crippen LogP) is 3.40. The molecule has 0 aromatic heterocycles. The van der Waals surface area contributed by atoms with Gasteiger partial charge >= 0.3 is 0 Å². The molecule has 2 aromatic rings. The lowest BCUT2D eigenvalue weighted by molar-refractivity contribution is -0.118. The minimum Gasteiger partial charge on any atom is -0.483 e. The van der Waals surface area contributed by atoms with Gasteiger partial charge in [-0.25, -0.2) is 13.1 Å². The van der Waals surface area contributed by atoms with E-state index in [0.29, 0.717) is 11.4 Å². The Kier molecular flexibility index (Phi) is 6.28. The second-order valence-electron chi connectivity index (χ2n) is 7.44. The lowest BCUT2D eigenvalue weighted by Gasteiger charge is -2.20. The van der Waals surface area contributed by atoms with Crippen LogP contribution >= 0.6 is 0 Å². The smallest absolute Gasteiger partial charge is 0.262 e. The van der Waals surface area contributed by atoms with Crippen molar-refractivity contribution in [2.24, 2.45) is 0 Å². The van der Waals surface area contributed by atoms with E-state index in [2.05, 4.69) is 10.0 Å². The molecule has 0 unspecified atom stereocenters. The molecule has 0 atom stereocenters. The molecule has 7 heteroatoms. The van der Waals surface area contributed by atoms with Crippen molar-refractivity contribution < 1.29 is 17.9 Å². The standard InChI is InChI=1S/C20H26N2O4S/c1-14-7-6-8-15(2)19(14)26-13-18(23)21-16-9-11-17(12-10-16)27(24,25)22-20(3,4)5/h6-12,22H,13H2,1-5H3,(H,21,23). The molecule has 0 aliphatic carbocycles. The largest absolute Gasteiger partial charge is 0.483 e. The van der Waals surface area contributed by atoms with Crippen LogP contribution in [0.2, 0.25) is 0 Å². The van der Waals surface area contributed by atoms with Crippen molar-refractivity contribution in [1.82, 2.24) is 4.72 Å². The SMILES string of the molecule is Cc1cccc(C)c1OCC(=O)Nc1ccc(S(=O)(=O)NC(C)(C)C)cc1. The van der Waals surface area contributed by atoms with E-state index in [1.54, 1.807) is 32.9 Å². The number of hydrogen-bond donors (Lipinski definition) is 2. The van der Waals surface area contributed by atoms with Crippen LogP contribution in [0.5, 0.6) is 5.75 Å². The summed E-state index contributed by atoms with van der Waals surface area (Å²) in [4.78, 5) is 12.3. The van der Waals surface area contributed by atoms with Gasteiger partial charge in [-0.15, -0.1) is 0 Å². The number of sulfonamides is 1. The van der Waals surface area contributed by atoms with E-state index in [1.165, 1.54) is 12.1 Å². The molecule has 0 saturated carbocycles. The Bertz CT molecular complexity index is 894. The highest BCUT2D eigenvalue weighted by Crippen LogP contribution is 2.22. The molecule has 0 aliphatic rings. The zero-order valence-corrected chi connectivity index (χ0v) is 17.1. The number of rotatable bonds is 6. The average molecular weight is 391 g/mol. The first-order chi connectivity index (χ1) is 12.5. The summed E-state index contributed by atoms with van der Waals surface area (Å²) in [6.07, 6.45) is 0. The van der Waals surface area contributed by atoms with Crippen LogP contribution in [0, 0.1) is 13.8 Å². The third-order valence-electron chi connectivity index (χ3n) is 3.65. The van der Waals surface area contributed by atoms with Crippen LogP contribution in [-0.2, 0) is 14.8 Å². The third kappa shape index (κ3) is 6.08. The number of ether oxygens (including phenoxy) is 1. The average Bonchev–Trinajstić information content (AvgIpc) is 2.52. The van der Waals surface area contributed by atoms with Crippen LogP contribution in [0.3, 0.4) is 0 Å². The second kappa shape index (κ2) is 8.10. The number of amides is 1. The van der Waals surface area contributed by atoms with Crippen molar-refractivity contribution in [3.05, 3.63) is 53.6 Å². The summed E-state index contributed by atoms with van der Waals surface area (Å²) in [5.41, 5.74) is 1.85. The van der Waals surface area contributed by atoms with Gasteiger partial charge in [0.25, 0.3) is 5.91 Å². The van der Waals surface area contributed by atoms with Crippen LogP contribution < -0.4 is 14.8 Å². The van der Waals surface area contributed by atoms with Gasteiger partial charge < -0.3 is 10.1 Å². The van der Waals surface area contributed by atoms with Gasteiger partial charge in [0.1, 0.15) is 5.75 Å². The summed E-state index contributed by atoms with van der Waals surface area (Å²) >= 11 is 0. The van der Waals surface area contributed by atoms with E-state index in [9.17, 15) is 13.2 Å². The first-order valence-corrected chi connectivity index (χ1v) is 10.1. The van der Waals surface area contributed by atoms with E-state index >= 15 is 0 Å². The Hall–Kier alpha value is -2.38. The minimum absolute atomic E-state index is 0.128. The number of carbonyl (C=O) groups is 1. The van der Waals surface area contributed by atoms with Crippen molar-refractivity contribution in [3.8, 4) is 5.75 Å². The van der Waals surface area contributed by atoms with Gasteiger partial charge in [0.2, 0.25) is 10.0 Å². The number of carbonyl (C=O) groups excluding carboxylic acids is 1. The maximum Gasteiger partial charge on any atom is 0.262 e. The van der Waals surface area contributed by atoms with Crippen LogP contribution in [-0.4, -0.2) is 26.5 Å². The van der Waals surface area contributed by atoms with Gasteiger partial charge in [-0.1, -0.05) is 18.2 Å². The number of para-hydroxylation sites is 1. The lowest BCUT2D eigenvalue weighted by atomic mass is 10.1. The first kappa shape index (κ1) is 20.9. The lowest BCUT2D eigenvalue weighted by Crippen LogP contribution is -2.40. The molecule has 2 N–H and O–H groups in total. The van der Waals surface area contributed by atoms with Gasteiger partial charge in [0.05, 0.1) is 4.90 Å². The van der Waals surface area contributed by atoms with Crippen molar-refractivity contribution in [3.63, 3.8) is 0 Å². The highest BCUT2D eigenvalue weighted by Gasteiger charge is 2.21. The third-order valence-corrected chi connectivity index (χ3v) is 5.42. The molecule has 0 radical (unpaired) electrons. The van der Waals surface area contributed by atoms with Gasteiger partial charge in [0.15, 0.2) is 6.61 Å². The Morgan fingerprint density at radius 2 is 1.56 bits per heavy atom. The Morgan fingerprint density at radius 1 is 1.00 bits per heavy atom. The van der Waals surface area contributed by atoms with Crippen molar-refractivity contribution >= 4 is 21.6 Å². The normalized spacial score (nSPS) is 11.9. The monoisotopic (exact) mass is 390 g/mol. The summed E-state index contributed by atoms with van der Waals surface area (Å²) in [5.74, 6) is 0.378. The van der Waals surface area contributed by atoms with Crippen LogP contribution in [0.1, 0.15) is 31.9 Å². The molecule has 0 saturated heterocycles. The summed E-state index contributed by atoms with van der Waals surface area (Å²) in [7, 11) is -3.61. The number of benzene rings is 2. The van der Waals surface area contributed by atoms with Gasteiger partial charge in [-0.3, -0.25) is 4.79 Å². The molecule has 1 amide bonds. The molecule has 0 heterocycles. The number of anilines is 1. The maximum atomic E-state index is 12.3. The summed E-state index contributed by atoms with van der Waals surface area (Å²) < 4.78 is 32.8. The summed E-state index contributed by atoms with van der Waals surface area (Å²) in [6.45, 7) is 9.04.